The summed E-state index contributed by atoms with van der Waals surface area (Å²) in [6.45, 7) is 5.95. The molecule has 28 heavy (non-hydrogen) atoms. The van der Waals surface area contributed by atoms with Crippen LogP contribution in [0.2, 0.25) is 0 Å². The highest BCUT2D eigenvalue weighted by atomic mass is 35.5. The molecule has 0 aliphatic heterocycles. The van der Waals surface area contributed by atoms with Crippen LogP contribution in [0.25, 0.3) is 22.5 Å². The normalized spacial score (nSPS) is 11.1. The van der Waals surface area contributed by atoms with Crippen molar-refractivity contribution in [1.82, 2.24) is 29.5 Å². The van der Waals surface area contributed by atoms with Gasteiger partial charge in [-0.3, -0.25) is 4.79 Å². The van der Waals surface area contributed by atoms with Crippen molar-refractivity contribution >= 4 is 34.4 Å². The van der Waals surface area contributed by atoms with Gasteiger partial charge >= 0.3 is 0 Å². The quantitative estimate of drug-likeness (QED) is 0.536. The molecule has 142 valence electrons. The number of anilines is 1. The van der Waals surface area contributed by atoms with Crippen molar-refractivity contribution in [2.75, 3.05) is 11.2 Å². The van der Waals surface area contributed by atoms with Gasteiger partial charge < -0.3 is 5.32 Å². The molecule has 0 aliphatic rings. The largest absolute Gasteiger partial charge is 0.309 e. The molecule has 0 aliphatic carbocycles. The van der Waals surface area contributed by atoms with Crippen molar-refractivity contribution in [2.24, 2.45) is 0 Å². The number of hydrogen-bond acceptors (Lipinski definition) is 5. The van der Waals surface area contributed by atoms with Crippen molar-refractivity contribution < 1.29 is 4.79 Å². The molecule has 1 amide bonds. The summed E-state index contributed by atoms with van der Waals surface area (Å²) in [7, 11) is 0. The number of rotatable bonds is 4. The first-order valence-electron chi connectivity index (χ1n) is 8.67. The number of aryl methyl sites for hydroxylation is 2. The van der Waals surface area contributed by atoms with Crippen LogP contribution in [-0.4, -0.2) is 41.3 Å². The molecule has 0 bridgehead atoms. The summed E-state index contributed by atoms with van der Waals surface area (Å²) in [5.41, 5.74) is 4.63. The SMILES string of the molecule is Cc1cc(NC(=O)CCl)n(-c2ncnc3c2cnn3-c2cccc(C)c2C)n1. The van der Waals surface area contributed by atoms with Gasteiger partial charge in [0.15, 0.2) is 11.5 Å². The van der Waals surface area contributed by atoms with E-state index in [1.54, 1.807) is 21.6 Å². The summed E-state index contributed by atoms with van der Waals surface area (Å²) < 4.78 is 3.36. The third-order valence-corrected chi connectivity index (χ3v) is 4.81. The molecule has 1 aromatic carbocycles. The predicted molar refractivity (Wildman–Crippen MR) is 107 cm³/mol. The third kappa shape index (κ3) is 3.01. The Morgan fingerprint density at radius 2 is 2.00 bits per heavy atom. The number of aromatic nitrogens is 6. The fourth-order valence-electron chi connectivity index (χ4n) is 3.07. The number of nitrogens with one attached hydrogen (secondary N) is 1. The number of carbonyl (C=O) groups excluding carboxylic acids is 1. The Morgan fingerprint density at radius 1 is 1.18 bits per heavy atom. The summed E-state index contributed by atoms with van der Waals surface area (Å²) in [6.07, 6.45) is 3.17. The number of carbonyl (C=O) groups is 1. The van der Waals surface area contributed by atoms with Crippen LogP contribution in [0.5, 0.6) is 0 Å². The van der Waals surface area contributed by atoms with E-state index >= 15 is 0 Å². The minimum atomic E-state index is -0.320. The first-order valence-corrected chi connectivity index (χ1v) is 9.21. The van der Waals surface area contributed by atoms with E-state index in [1.165, 1.54) is 11.9 Å². The van der Waals surface area contributed by atoms with Crippen LogP contribution in [0, 0.1) is 20.8 Å². The average molecular weight is 396 g/mol. The monoisotopic (exact) mass is 395 g/mol. The number of amides is 1. The van der Waals surface area contributed by atoms with E-state index in [-0.39, 0.29) is 11.8 Å². The molecule has 0 spiro atoms. The lowest BCUT2D eigenvalue weighted by Gasteiger charge is -2.10. The molecular formula is C19H18ClN7O. The Hall–Kier alpha value is -3.26. The van der Waals surface area contributed by atoms with Gasteiger partial charge in [-0.05, 0) is 38.0 Å². The van der Waals surface area contributed by atoms with Crippen molar-refractivity contribution in [3.05, 3.63) is 53.6 Å². The second kappa shape index (κ2) is 7.05. The standard InChI is InChI=1S/C19H18ClN7O/c1-11-5-4-6-15(13(11)3)26-18-14(9-23-26)19(22-10-21-18)27-16(7-12(2)25-27)24-17(28)8-20/h4-7,9-10H,8H2,1-3H3,(H,24,28). The molecule has 9 heteroatoms. The topological polar surface area (TPSA) is 90.5 Å². The van der Waals surface area contributed by atoms with Gasteiger partial charge in [0.05, 0.1) is 23.0 Å². The number of alkyl halides is 1. The van der Waals surface area contributed by atoms with E-state index in [0.717, 1.165) is 16.9 Å². The first kappa shape index (κ1) is 18.1. The van der Waals surface area contributed by atoms with Crippen LogP contribution >= 0.6 is 11.6 Å². The molecular weight excluding hydrogens is 378 g/mol. The van der Waals surface area contributed by atoms with Crippen molar-refractivity contribution in [3.63, 3.8) is 0 Å². The van der Waals surface area contributed by atoms with Crippen LogP contribution in [-0.2, 0) is 4.79 Å². The van der Waals surface area contributed by atoms with Crippen molar-refractivity contribution in [1.29, 1.82) is 0 Å². The summed E-state index contributed by atoms with van der Waals surface area (Å²) in [6, 6.07) is 7.81. The molecule has 0 saturated carbocycles. The molecule has 3 aromatic heterocycles. The van der Waals surface area contributed by atoms with Crippen molar-refractivity contribution in [2.45, 2.75) is 20.8 Å². The van der Waals surface area contributed by atoms with E-state index in [0.29, 0.717) is 22.7 Å². The minimum Gasteiger partial charge on any atom is -0.309 e. The lowest BCUT2D eigenvalue weighted by atomic mass is 10.1. The Labute approximate surface area is 166 Å². The molecule has 3 heterocycles. The van der Waals surface area contributed by atoms with Gasteiger partial charge in [-0.25, -0.2) is 14.6 Å². The highest BCUT2D eigenvalue weighted by Gasteiger charge is 2.18. The zero-order valence-electron chi connectivity index (χ0n) is 15.6. The molecule has 0 saturated heterocycles. The van der Waals surface area contributed by atoms with Crippen LogP contribution in [0.1, 0.15) is 16.8 Å². The van der Waals surface area contributed by atoms with Gasteiger partial charge in [0, 0.05) is 6.07 Å². The molecule has 0 radical (unpaired) electrons. The molecule has 4 aromatic rings. The maximum absolute atomic E-state index is 11.8. The maximum atomic E-state index is 11.8. The van der Waals surface area contributed by atoms with Crippen LogP contribution in [0.15, 0.2) is 36.8 Å². The Kier molecular flexibility index (Phi) is 4.56. The van der Waals surface area contributed by atoms with E-state index in [2.05, 4.69) is 45.4 Å². The van der Waals surface area contributed by atoms with Gasteiger partial charge in [0.2, 0.25) is 5.91 Å². The zero-order chi connectivity index (χ0) is 19.8. The van der Waals surface area contributed by atoms with Crippen LogP contribution in [0.3, 0.4) is 0 Å². The lowest BCUT2D eigenvalue weighted by Crippen LogP contribution is -2.16. The summed E-state index contributed by atoms with van der Waals surface area (Å²) in [5, 5.41) is 12.5. The fourth-order valence-corrected chi connectivity index (χ4v) is 3.13. The smallest absolute Gasteiger partial charge is 0.240 e. The van der Waals surface area contributed by atoms with Crippen LogP contribution in [0.4, 0.5) is 5.82 Å². The summed E-state index contributed by atoms with van der Waals surface area (Å²) >= 11 is 5.62. The van der Waals surface area contributed by atoms with Crippen LogP contribution < -0.4 is 5.32 Å². The first-order chi connectivity index (χ1) is 13.5. The molecule has 1 N–H and O–H groups in total. The molecule has 0 fully saturated rings. The molecule has 4 rings (SSSR count). The number of fused-ring (bicyclic) bond motifs is 1. The van der Waals surface area contributed by atoms with E-state index in [4.69, 9.17) is 11.6 Å². The summed E-state index contributed by atoms with van der Waals surface area (Å²) in [5.74, 6) is 0.551. The van der Waals surface area contributed by atoms with Gasteiger partial charge in [0.25, 0.3) is 0 Å². The fraction of sp³-hybridized carbons (Fsp3) is 0.211. The third-order valence-electron chi connectivity index (χ3n) is 4.57. The maximum Gasteiger partial charge on any atom is 0.240 e. The molecule has 8 nitrogen and oxygen atoms in total. The number of halogens is 1. The average Bonchev–Trinajstić information content (AvgIpc) is 3.27. The highest BCUT2D eigenvalue weighted by Crippen LogP contribution is 2.25. The Morgan fingerprint density at radius 3 is 2.79 bits per heavy atom. The highest BCUT2D eigenvalue weighted by molar-refractivity contribution is 6.29. The van der Waals surface area contributed by atoms with Crippen molar-refractivity contribution in [3.8, 4) is 11.5 Å². The lowest BCUT2D eigenvalue weighted by molar-refractivity contribution is -0.114. The predicted octanol–water partition coefficient (Wildman–Crippen LogP) is 3.10. The van der Waals surface area contributed by atoms with E-state index < -0.39 is 0 Å². The second-order valence-corrected chi connectivity index (χ2v) is 6.74. The Balaban J connectivity index is 1.89. The zero-order valence-corrected chi connectivity index (χ0v) is 16.4. The van der Waals surface area contributed by atoms with E-state index in [9.17, 15) is 4.79 Å². The van der Waals surface area contributed by atoms with E-state index in [1.807, 2.05) is 19.1 Å². The number of hydrogen-bond donors (Lipinski definition) is 1. The second-order valence-electron chi connectivity index (χ2n) is 6.47. The Bertz CT molecular complexity index is 1190. The van der Waals surface area contributed by atoms with Gasteiger partial charge in [-0.2, -0.15) is 14.9 Å². The number of benzene rings is 1. The summed E-state index contributed by atoms with van der Waals surface area (Å²) in [4.78, 5) is 20.6. The number of nitrogens with zero attached hydrogens (tertiary/aromatic N) is 6. The minimum absolute atomic E-state index is 0.145. The van der Waals surface area contributed by atoms with Gasteiger partial charge in [-0.15, -0.1) is 11.6 Å². The van der Waals surface area contributed by atoms with Gasteiger partial charge in [-0.1, -0.05) is 12.1 Å². The molecule has 0 unspecified atom stereocenters. The molecule has 0 atom stereocenters. The van der Waals surface area contributed by atoms with Gasteiger partial charge in [0.1, 0.15) is 18.0 Å².